The molecule has 2 aromatic carbocycles. The van der Waals surface area contributed by atoms with Gasteiger partial charge in [0.05, 0.1) is 17.0 Å². The number of hydrogen-bond donors (Lipinski definition) is 2. The maximum Gasteiger partial charge on any atom is 0.262 e. The molecule has 2 fully saturated rings. The number of carbonyl (C=O) groups excluding carboxylic acids is 1. The lowest BCUT2D eigenvalue weighted by Crippen LogP contribution is -2.41. The molecule has 8 heteroatoms. The Morgan fingerprint density at radius 2 is 1.92 bits per heavy atom. The van der Waals surface area contributed by atoms with Gasteiger partial charge in [0.2, 0.25) is 5.91 Å². The Labute approximate surface area is 222 Å². The molecule has 3 aromatic rings. The molecule has 7 nitrogen and oxygen atoms in total. The average molecular weight is 523 g/mol. The number of hydrogen-bond acceptors (Lipinski definition) is 5. The summed E-state index contributed by atoms with van der Waals surface area (Å²) in [7, 11) is 0. The van der Waals surface area contributed by atoms with Gasteiger partial charge in [0.25, 0.3) is 5.56 Å². The van der Waals surface area contributed by atoms with Crippen LogP contribution in [-0.2, 0) is 11.3 Å². The number of carbonyl (C=O) groups is 1. The fourth-order valence-corrected chi connectivity index (χ4v) is 5.81. The van der Waals surface area contributed by atoms with Gasteiger partial charge in [0, 0.05) is 36.3 Å². The number of aliphatic hydroxyl groups excluding tert-OH is 1. The molecule has 1 aliphatic carbocycles. The standard InChI is InChI=1S/C29H35ClN4O3/c1-18(2)31-27(36)17-34-28(21-4-3-5-23(30)14-21)32-26-7-6-20(15-25(26)29(34)37)22-12-19(13-22)16-33-10-8-24(35)9-11-33/h3-7,14-15,18-19,22,24,35H,8-13,16-17H2,1-2H3,(H,31,36). The molecule has 1 aliphatic heterocycles. The van der Waals surface area contributed by atoms with Gasteiger partial charge in [-0.1, -0.05) is 29.8 Å². The van der Waals surface area contributed by atoms with Crippen LogP contribution in [0.1, 0.15) is 51.0 Å². The van der Waals surface area contributed by atoms with Gasteiger partial charge in [-0.25, -0.2) is 4.98 Å². The van der Waals surface area contributed by atoms with Crippen molar-refractivity contribution in [1.82, 2.24) is 19.8 Å². The summed E-state index contributed by atoms with van der Waals surface area (Å²) in [6.07, 6.45) is 3.79. The van der Waals surface area contributed by atoms with Crippen LogP contribution in [0.5, 0.6) is 0 Å². The molecule has 2 heterocycles. The molecule has 2 N–H and O–H groups in total. The fraction of sp³-hybridized carbons (Fsp3) is 0.483. The quantitative estimate of drug-likeness (QED) is 0.486. The summed E-state index contributed by atoms with van der Waals surface area (Å²) in [5.41, 5.74) is 2.25. The van der Waals surface area contributed by atoms with Gasteiger partial charge in [-0.2, -0.15) is 0 Å². The number of nitrogens with zero attached hydrogens (tertiary/aromatic N) is 3. The smallest absolute Gasteiger partial charge is 0.262 e. The van der Waals surface area contributed by atoms with E-state index in [-0.39, 0.29) is 30.2 Å². The minimum Gasteiger partial charge on any atom is -0.393 e. The third-order valence-electron chi connectivity index (χ3n) is 7.59. The Balaban J connectivity index is 1.41. The van der Waals surface area contributed by atoms with E-state index in [0.29, 0.717) is 39.1 Å². The largest absolute Gasteiger partial charge is 0.393 e. The Kier molecular flexibility index (Phi) is 7.65. The summed E-state index contributed by atoms with van der Waals surface area (Å²) in [4.78, 5) is 33.7. The van der Waals surface area contributed by atoms with Gasteiger partial charge >= 0.3 is 0 Å². The zero-order valence-corrected chi connectivity index (χ0v) is 22.2. The van der Waals surface area contributed by atoms with Crippen molar-refractivity contribution in [3.05, 3.63) is 63.4 Å². The second kappa shape index (κ2) is 10.9. The molecule has 37 heavy (non-hydrogen) atoms. The number of nitrogens with one attached hydrogen (secondary N) is 1. The third kappa shape index (κ3) is 5.89. The van der Waals surface area contributed by atoms with Crippen molar-refractivity contribution in [1.29, 1.82) is 0 Å². The normalized spacial score (nSPS) is 20.8. The Bertz CT molecular complexity index is 1340. The Morgan fingerprint density at radius 3 is 2.62 bits per heavy atom. The van der Waals surface area contributed by atoms with E-state index in [1.54, 1.807) is 12.1 Å². The predicted octanol–water partition coefficient (Wildman–Crippen LogP) is 4.19. The van der Waals surface area contributed by atoms with Crippen LogP contribution in [0.2, 0.25) is 5.02 Å². The number of amides is 1. The second-order valence-electron chi connectivity index (χ2n) is 10.9. The molecule has 5 rings (SSSR count). The number of aromatic nitrogens is 2. The number of likely N-dealkylation sites (tertiary alicyclic amines) is 1. The number of benzene rings is 2. The molecule has 1 amide bonds. The van der Waals surface area contributed by atoms with Gasteiger partial charge in [-0.15, -0.1) is 0 Å². The minimum absolute atomic E-state index is 0.0283. The lowest BCUT2D eigenvalue weighted by atomic mass is 9.71. The van der Waals surface area contributed by atoms with Crippen LogP contribution in [-0.4, -0.2) is 57.2 Å². The first-order valence-electron chi connectivity index (χ1n) is 13.3. The molecular weight excluding hydrogens is 488 g/mol. The lowest BCUT2D eigenvalue weighted by molar-refractivity contribution is -0.122. The van der Waals surface area contributed by atoms with E-state index in [2.05, 4.69) is 16.3 Å². The molecule has 0 unspecified atom stereocenters. The lowest BCUT2D eigenvalue weighted by Gasteiger charge is -2.40. The van der Waals surface area contributed by atoms with Crippen molar-refractivity contribution < 1.29 is 9.90 Å². The SMILES string of the molecule is CC(C)NC(=O)Cn1c(-c2cccc(Cl)c2)nc2ccc(C3CC(CN4CCC(O)CC4)C3)cc2c1=O. The van der Waals surface area contributed by atoms with Crippen molar-refractivity contribution in [2.24, 2.45) is 5.92 Å². The minimum atomic E-state index is -0.232. The van der Waals surface area contributed by atoms with Crippen molar-refractivity contribution in [3.63, 3.8) is 0 Å². The highest BCUT2D eigenvalue weighted by Gasteiger charge is 2.32. The van der Waals surface area contributed by atoms with Gasteiger partial charge in [0.15, 0.2) is 0 Å². The first-order valence-corrected chi connectivity index (χ1v) is 13.6. The van der Waals surface area contributed by atoms with Gasteiger partial charge in [0.1, 0.15) is 12.4 Å². The molecule has 1 saturated heterocycles. The number of piperidine rings is 1. The van der Waals surface area contributed by atoms with Crippen molar-refractivity contribution in [3.8, 4) is 11.4 Å². The fourth-order valence-electron chi connectivity index (χ4n) is 5.62. The molecular formula is C29H35ClN4O3. The summed E-state index contributed by atoms with van der Waals surface area (Å²) < 4.78 is 1.46. The summed E-state index contributed by atoms with van der Waals surface area (Å²) in [6.45, 7) is 6.71. The zero-order valence-electron chi connectivity index (χ0n) is 21.5. The van der Waals surface area contributed by atoms with Crippen LogP contribution < -0.4 is 10.9 Å². The van der Waals surface area contributed by atoms with E-state index in [4.69, 9.17) is 16.6 Å². The van der Waals surface area contributed by atoms with Crippen LogP contribution in [0.3, 0.4) is 0 Å². The molecule has 0 bridgehead atoms. The molecule has 2 aliphatic rings. The highest BCUT2D eigenvalue weighted by atomic mass is 35.5. The van der Waals surface area contributed by atoms with E-state index in [1.165, 1.54) is 4.57 Å². The van der Waals surface area contributed by atoms with E-state index in [9.17, 15) is 14.7 Å². The van der Waals surface area contributed by atoms with Crippen molar-refractivity contribution >= 4 is 28.4 Å². The third-order valence-corrected chi connectivity index (χ3v) is 7.83. The number of rotatable bonds is 7. The number of fused-ring (bicyclic) bond motifs is 1. The maximum absolute atomic E-state index is 13.7. The predicted molar refractivity (Wildman–Crippen MR) is 147 cm³/mol. The average Bonchev–Trinajstić information content (AvgIpc) is 2.83. The van der Waals surface area contributed by atoms with Crippen LogP contribution in [0.25, 0.3) is 22.3 Å². The highest BCUT2D eigenvalue weighted by Crippen LogP contribution is 2.42. The number of halogens is 1. The summed E-state index contributed by atoms with van der Waals surface area (Å²) in [5, 5.41) is 13.7. The van der Waals surface area contributed by atoms with E-state index in [1.807, 2.05) is 38.1 Å². The molecule has 0 radical (unpaired) electrons. The molecule has 0 spiro atoms. The molecule has 1 aromatic heterocycles. The summed E-state index contributed by atoms with van der Waals surface area (Å²) in [5.74, 6) is 1.27. The molecule has 1 saturated carbocycles. The first-order chi connectivity index (χ1) is 17.8. The highest BCUT2D eigenvalue weighted by molar-refractivity contribution is 6.30. The zero-order chi connectivity index (χ0) is 26.1. The first kappa shape index (κ1) is 25.9. The van der Waals surface area contributed by atoms with Gasteiger partial charge in [-0.05, 0) is 81.2 Å². The summed E-state index contributed by atoms with van der Waals surface area (Å²) >= 11 is 6.23. The van der Waals surface area contributed by atoms with E-state index < -0.39 is 0 Å². The second-order valence-corrected chi connectivity index (χ2v) is 11.3. The van der Waals surface area contributed by atoms with E-state index in [0.717, 1.165) is 50.9 Å². The van der Waals surface area contributed by atoms with Gasteiger partial charge < -0.3 is 15.3 Å². The van der Waals surface area contributed by atoms with E-state index >= 15 is 0 Å². The van der Waals surface area contributed by atoms with Crippen LogP contribution in [0.15, 0.2) is 47.3 Å². The maximum atomic E-state index is 13.7. The summed E-state index contributed by atoms with van der Waals surface area (Å²) in [6, 6.07) is 13.2. The number of aliphatic hydroxyl groups is 1. The van der Waals surface area contributed by atoms with Gasteiger partial charge in [-0.3, -0.25) is 14.2 Å². The van der Waals surface area contributed by atoms with Crippen molar-refractivity contribution in [2.75, 3.05) is 19.6 Å². The Hall–Kier alpha value is -2.74. The van der Waals surface area contributed by atoms with Crippen LogP contribution >= 0.6 is 11.6 Å². The monoisotopic (exact) mass is 522 g/mol. The van der Waals surface area contributed by atoms with Crippen molar-refractivity contribution in [2.45, 2.75) is 64.1 Å². The van der Waals surface area contributed by atoms with Crippen LogP contribution in [0.4, 0.5) is 0 Å². The Morgan fingerprint density at radius 1 is 1.16 bits per heavy atom. The molecule has 0 atom stereocenters. The molecule has 196 valence electrons. The van der Waals surface area contributed by atoms with Crippen LogP contribution in [0, 0.1) is 5.92 Å². The topological polar surface area (TPSA) is 87.5 Å².